The van der Waals surface area contributed by atoms with Crippen molar-refractivity contribution in [2.75, 3.05) is 31.1 Å². The number of halogens is 1. The van der Waals surface area contributed by atoms with E-state index in [9.17, 15) is 13.2 Å². The van der Waals surface area contributed by atoms with E-state index in [1.807, 2.05) is 17.0 Å². The van der Waals surface area contributed by atoms with Gasteiger partial charge in [-0.15, -0.1) is 0 Å². The molecular weight excluding hydrogens is 392 g/mol. The summed E-state index contributed by atoms with van der Waals surface area (Å²) in [6.07, 6.45) is 4.13. The molecule has 0 aromatic heterocycles. The van der Waals surface area contributed by atoms with Crippen LogP contribution >= 0.6 is 15.9 Å². The summed E-state index contributed by atoms with van der Waals surface area (Å²) in [6, 6.07) is 8.17. The molecule has 1 heterocycles. The number of rotatable bonds is 4. The normalized spacial score (nSPS) is 23.0. The van der Waals surface area contributed by atoms with E-state index in [2.05, 4.69) is 33.4 Å². The quantitative estimate of drug-likeness (QED) is 0.818. The zero-order valence-corrected chi connectivity index (χ0v) is 16.0. The van der Waals surface area contributed by atoms with Crippen molar-refractivity contribution >= 4 is 31.7 Å². The molecule has 24 heavy (non-hydrogen) atoms. The molecule has 1 aromatic carbocycles. The Kier molecular flexibility index (Phi) is 5.32. The van der Waals surface area contributed by atoms with Gasteiger partial charge in [0.05, 0.1) is 23.6 Å². The summed E-state index contributed by atoms with van der Waals surface area (Å²) in [5.41, 5.74) is 0.873. The molecule has 1 saturated carbocycles. The molecule has 7 heteroatoms. The highest BCUT2D eigenvalue weighted by atomic mass is 79.9. The van der Waals surface area contributed by atoms with Crippen LogP contribution in [0.1, 0.15) is 31.2 Å². The van der Waals surface area contributed by atoms with Crippen molar-refractivity contribution in [2.24, 2.45) is 0 Å². The second kappa shape index (κ2) is 7.14. The first-order valence-electron chi connectivity index (χ1n) is 8.38. The summed E-state index contributed by atoms with van der Waals surface area (Å²) in [4.78, 5) is 14.5. The molecular formula is C17H23BrN2O3S. The summed E-state index contributed by atoms with van der Waals surface area (Å²) in [5.74, 6) is 0.287. The standard InChI is InChI=1S/C17H23BrN2O3S/c18-15-5-3-14(4-6-15)17(7-1-2-8-17)19-16(21)13-20-9-11-24(22,23)12-10-20/h3-6H,1-2,7-13H2,(H,19,21). The summed E-state index contributed by atoms with van der Waals surface area (Å²) in [7, 11) is -2.91. The largest absolute Gasteiger partial charge is 0.345 e. The van der Waals surface area contributed by atoms with Crippen LogP contribution in [0.2, 0.25) is 0 Å². The molecule has 0 unspecified atom stereocenters. The Hall–Kier alpha value is -0.920. The third-order valence-corrected chi connectivity index (χ3v) is 7.17. The average molecular weight is 415 g/mol. The molecule has 1 N–H and O–H groups in total. The molecule has 0 atom stereocenters. The fraction of sp³-hybridized carbons (Fsp3) is 0.588. The van der Waals surface area contributed by atoms with Crippen molar-refractivity contribution in [3.05, 3.63) is 34.3 Å². The second-order valence-corrected chi connectivity index (χ2v) is 9.99. The first kappa shape index (κ1) is 17.9. The highest BCUT2D eigenvalue weighted by Gasteiger charge is 2.37. The zero-order chi connectivity index (χ0) is 17.2. The predicted molar refractivity (Wildman–Crippen MR) is 97.5 cm³/mol. The lowest BCUT2D eigenvalue weighted by Crippen LogP contribution is -2.50. The maximum absolute atomic E-state index is 12.6. The van der Waals surface area contributed by atoms with Crippen LogP contribution in [0.4, 0.5) is 0 Å². The molecule has 1 amide bonds. The van der Waals surface area contributed by atoms with Crippen LogP contribution in [0, 0.1) is 0 Å². The Morgan fingerprint density at radius 1 is 1.12 bits per heavy atom. The van der Waals surface area contributed by atoms with Gasteiger partial charge in [-0.3, -0.25) is 9.69 Å². The monoisotopic (exact) mass is 414 g/mol. The minimum absolute atomic E-state index is 0.0147. The fourth-order valence-electron chi connectivity index (χ4n) is 3.65. The molecule has 2 aliphatic rings. The highest BCUT2D eigenvalue weighted by Crippen LogP contribution is 2.39. The zero-order valence-electron chi connectivity index (χ0n) is 13.6. The number of sulfone groups is 1. The lowest BCUT2D eigenvalue weighted by Gasteiger charge is -2.33. The molecule has 1 aliphatic carbocycles. The first-order valence-corrected chi connectivity index (χ1v) is 11.0. The van der Waals surface area contributed by atoms with Gasteiger partial charge in [0.2, 0.25) is 5.91 Å². The maximum atomic E-state index is 12.6. The lowest BCUT2D eigenvalue weighted by atomic mass is 9.88. The molecule has 1 aromatic rings. The molecule has 0 radical (unpaired) electrons. The van der Waals surface area contributed by atoms with Crippen molar-refractivity contribution in [3.8, 4) is 0 Å². The SMILES string of the molecule is O=C(CN1CCS(=O)(=O)CC1)NC1(c2ccc(Br)cc2)CCCC1. The van der Waals surface area contributed by atoms with Gasteiger partial charge in [0.25, 0.3) is 0 Å². The van der Waals surface area contributed by atoms with Crippen LogP contribution in [0.5, 0.6) is 0 Å². The van der Waals surface area contributed by atoms with Gasteiger partial charge in [-0.05, 0) is 30.5 Å². The number of nitrogens with one attached hydrogen (secondary N) is 1. The maximum Gasteiger partial charge on any atom is 0.234 e. The molecule has 5 nitrogen and oxygen atoms in total. The summed E-state index contributed by atoms with van der Waals surface area (Å²) in [5, 5.41) is 3.25. The molecule has 0 bridgehead atoms. The second-order valence-electron chi connectivity index (χ2n) is 6.77. The van der Waals surface area contributed by atoms with Gasteiger partial charge < -0.3 is 5.32 Å². The van der Waals surface area contributed by atoms with Gasteiger partial charge in [0.15, 0.2) is 9.84 Å². The van der Waals surface area contributed by atoms with Crippen molar-refractivity contribution < 1.29 is 13.2 Å². The minimum Gasteiger partial charge on any atom is -0.345 e. The molecule has 3 rings (SSSR count). The van der Waals surface area contributed by atoms with Crippen LogP contribution in [-0.2, 0) is 20.2 Å². The van der Waals surface area contributed by atoms with Crippen molar-refractivity contribution in [3.63, 3.8) is 0 Å². The van der Waals surface area contributed by atoms with Gasteiger partial charge in [0.1, 0.15) is 0 Å². The predicted octanol–water partition coefficient (Wildman–Crippen LogP) is 2.07. The molecule has 2 fully saturated rings. The number of benzene rings is 1. The Labute approximate surface area is 151 Å². The van der Waals surface area contributed by atoms with Crippen LogP contribution in [0.25, 0.3) is 0 Å². The van der Waals surface area contributed by atoms with Gasteiger partial charge in [0, 0.05) is 17.6 Å². The van der Waals surface area contributed by atoms with E-state index >= 15 is 0 Å². The topological polar surface area (TPSA) is 66.5 Å². The number of carbonyl (C=O) groups is 1. The molecule has 1 saturated heterocycles. The van der Waals surface area contributed by atoms with Gasteiger partial charge >= 0.3 is 0 Å². The van der Waals surface area contributed by atoms with Crippen molar-refractivity contribution in [1.29, 1.82) is 0 Å². The highest BCUT2D eigenvalue weighted by molar-refractivity contribution is 9.10. The Morgan fingerprint density at radius 3 is 2.29 bits per heavy atom. The number of hydrogen-bond donors (Lipinski definition) is 1. The van der Waals surface area contributed by atoms with Crippen LogP contribution in [0.3, 0.4) is 0 Å². The van der Waals surface area contributed by atoms with Crippen molar-refractivity contribution in [1.82, 2.24) is 10.2 Å². The van der Waals surface area contributed by atoms with E-state index in [0.29, 0.717) is 13.1 Å². The summed E-state index contributed by atoms with van der Waals surface area (Å²) >= 11 is 3.45. The minimum atomic E-state index is -2.91. The van der Waals surface area contributed by atoms with E-state index < -0.39 is 9.84 Å². The number of nitrogens with zero attached hydrogens (tertiary/aromatic N) is 1. The Morgan fingerprint density at radius 2 is 1.71 bits per heavy atom. The molecule has 132 valence electrons. The van der Waals surface area contributed by atoms with E-state index in [-0.39, 0.29) is 29.5 Å². The lowest BCUT2D eigenvalue weighted by molar-refractivity contribution is -0.124. The molecule has 0 spiro atoms. The average Bonchev–Trinajstić information content (AvgIpc) is 2.99. The fourth-order valence-corrected chi connectivity index (χ4v) is 5.19. The third kappa shape index (κ3) is 4.18. The van der Waals surface area contributed by atoms with Gasteiger partial charge in [-0.25, -0.2) is 8.42 Å². The number of carbonyl (C=O) groups excluding carboxylic acids is 1. The summed E-state index contributed by atoms with van der Waals surface area (Å²) < 4.78 is 24.0. The molecule has 1 aliphatic heterocycles. The number of amides is 1. The Bertz CT molecular complexity index is 683. The van der Waals surface area contributed by atoms with E-state index in [1.54, 1.807) is 0 Å². The number of hydrogen-bond acceptors (Lipinski definition) is 4. The van der Waals surface area contributed by atoms with Crippen LogP contribution < -0.4 is 5.32 Å². The van der Waals surface area contributed by atoms with Gasteiger partial charge in [-0.2, -0.15) is 0 Å². The van der Waals surface area contributed by atoms with E-state index in [4.69, 9.17) is 0 Å². The van der Waals surface area contributed by atoms with Crippen molar-refractivity contribution in [2.45, 2.75) is 31.2 Å². The van der Waals surface area contributed by atoms with E-state index in [0.717, 1.165) is 35.7 Å². The van der Waals surface area contributed by atoms with Gasteiger partial charge in [-0.1, -0.05) is 40.9 Å². The van der Waals surface area contributed by atoms with Crippen LogP contribution in [0.15, 0.2) is 28.7 Å². The van der Waals surface area contributed by atoms with E-state index in [1.165, 1.54) is 0 Å². The summed E-state index contributed by atoms with van der Waals surface area (Å²) in [6.45, 7) is 1.16. The first-order chi connectivity index (χ1) is 11.4. The van der Waals surface area contributed by atoms with Crippen LogP contribution in [-0.4, -0.2) is 50.4 Å². The Balaban J connectivity index is 1.65. The third-order valence-electron chi connectivity index (χ3n) is 5.04. The smallest absolute Gasteiger partial charge is 0.234 e.